The van der Waals surface area contributed by atoms with Crippen molar-refractivity contribution in [3.8, 4) is 0 Å². The highest BCUT2D eigenvalue weighted by molar-refractivity contribution is 9.08. The Morgan fingerprint density at radius 2 is 2.10 bits per heavy atom. The van der Waals surface area contributed by atoms with Gasteiger partial charge in [0.1, 0.15) is 0 Å². The first-order valence-corrected chi connectivity index (χ1v) is 3.73. The Hall–Kier alpha value is -0.840. The number of aromatic nitrogens is 2. The van der Waals surface area contributed by atoms with E-state index < -0.39 is 0 Å². The molecule has 4 nitrogen and oxygen atoms in total. The maximum Gasteiger partial charge on any atom is 0.266 e. The van der Waals surface area contributed by atoms with Gasteiger partial charge in [0.2, 0.25) is 0 Å². The molecule has 0 aromatic carbocycles. The lowest BCUT2D eigenvalue weighted by atomic mass is 10.3. The van der Waals surface area contributed by atoms with E-state index in [0.29, 0.717) is 10.9 Å². The summed E-state index contributed by atoms with van der Waals surface area (Å²) >= 11 is 3.07. The maximum atomic E-state index is 10.7. The second-order valence-corrected chi connectivity index (χ2v) is 2.31. The predicted molar refractivity (Wildman–Crippen MR) is 40.3 cm³/mol. The number of alkyl halides is 1. The molecule has 0 aliphatic rings. The van der Waals surface area contributed by atoms with Gasteiger partial charge in [-0.05, 0) is 0 Å². The first-order chi connectivity index (χ1) is 4.74. The molecular formula is C5H5BrN2O2. The summed E-state index contributed by atoms with van der Waals surface area (Å²) in [6.45, 7) is 0. The van der Waals surface area contributed by atoms with Crippen LogP contribution in [0.3, 0.4) is 0 Å². The number of hydrogen-bond donors (Lipinski definition) is 2. The zero-order valence-corrected chi connectivity index (χ0v) is 6.56. The van der Waals surface area contributed by atoms with Crippen LogP contribution in [0.1, 0.15) is 5.56 Å². The Morgan fingerprint density at radius 3 is 2.60 bits per heavy atom. The van der Waals surface area contributed by atoms with E-state index in [2.05, 4.69) is 26.1 Å². The summed E-state index contributed by atoms with van der Waals surface area (Å²) in [6, 6.07) is 1.26. The predicted octanol–water partition coefficient (Wildman–Crippen LogP) is -0.0419. The summed E-state index contributed by atoms with van der Waals surface area (Å²) in [5.41, 5.74) is -0.130. The van der Waals surface area contributed by atoms with Gasteiger partial charge in [-0.2, -0.15) is 0 Å². The second-order valence-electron chi connectivity index (χ2n) is 1.75. The van der Waals surface area contributed by atoms with Gasteiger partial charge >= 0.3 is 0 Å². The van der Waals surface area contributed by atoms with Crippen molar-refractivity contribution in [3.05, 3.63) is 32.3 Å². The van der Waals surface area contributed by atoms with E-state index in [1.165, 1.54) is 6.07 Å². The second kappa shape index (κ2) is 2.83. The van der Waals surface area contributed by atoms with Gasteiger partial charge in [-0.3, -0.25) is 19.8 Å². The third kappa shape index (κ3) is 1.36. The molecule has 0 bridgehead atoms. The molecule has 1 rings (SSSR count). The summed E-state index contributed by atoms with van der Waals surface area (Å²) < 4.78 is 0. The summed E-state index contributed by atoms with van der Waals surface area (Å²) in [4.78, 5) is 21.3. The van der Waals surface area contributed by atoms with Crippen LogP contribution in [0.15, 0.2) is 15.7 Å². The van der Waals surface area contributed by atoms with Crippen molar-refractivity contribution in [2.24, 2.45) is 0 Å². The molecule has 1 heterocycles. The van der Waals surface area contributed by atoms with E-state index >= 15 is 0 Å². The van der Waals surface area contributed by atoms with E-state index in [1.807, 2.05) is 0 Å². The molecule has 0 aliphatic heterocycles. The fourth-order valence-electron chi connectivity index (χ4n) is 0.558. The molecular weight excluding hydrogens is 200 g/mol. The Bertz CT molecular complexity index is 327. The lowest BCUT2D eigenvalue weighted by Gasteiger charge is -1.88. The molecule has 54 valence electrons. The van der Waals surface area contributed by atoms with Crippen molar-refractivity contribution < 1.29 is 0 Å². The van der Waals surface area contributed by atoms with Gasteiger partial charge in [0, 0.05) is 17.0 Å². The highest BCUT2D eigenvalue weighted by atomic mass is 79.9. The smallest absolute Gasteiger partial charge is 0.266 e. The van der Waals surface area contributed by atoms with E-state index in [1.54, 1.807) is 0 Å². The van der Waals surface area contributed by atoms with Crippen molar-refractivity contribution in [3.63, 3.8) is 0 Å². The highest BCUT2D eigenvalue weighted by Gasteiger charge is 1.95. The van der Waals surface area contributed by atoms with E-state index in [4.69, 9.17) is 0 Å². The van der Waals surface area contributed by atoms with Crippen LogP contribution in [0, 0.1) is 0 Å². The van der Waals surface area contributed by atoms with E-state index in [9.17, 15) is 9.59 Å². The molecule has 0 unspecified atom stereocenters. The van der Waals surface area contributed by atoms with Crippen LogP contribution in [-0.2, 0) is 5.33 Å². The minimum Gasteiger partial charge on any atom is -0.268 e. The quantitative estimate of drug-likeness (QED) is 0.631. The largest absolute Gasteiger partial charge is 0.268 e. The Balaban J connectivity index is 3.36. The van der Waals surface area contributed by atoms with E-state index in [-0.39, 0.29) is 11.1 Å². The number of hydrogen-bond acceptors (Lipinski definition) is 2. The van der Waals surface area contributed by atoms with Crippen LogP contribution < -0.4 is 11.1 Å². The monoisotopic (exact) mass is 204 g/mol. The molecule has 0 atom stereocenters. The van der Waals surface area contributed by atoms with Crippen LogP contribution in [-0.4, -0.2) is 10.2 Å². The third-order valence-corrected chi connectivity index (χ3v) is 1.64. The van der Waals surface area contributed by atoms with E-state index in [0.717, 1.165) is 0 Å². The van der Waals surface area contributed by atoms with Gasteiger partial charge in [0.25, 0.3) is 11.1 Å². The number of aromatic amines is 2. The minimum absolute atomic E-state index is 0.267. The summed E-state index contributed by atoms with van der Waals surface area (Å²) in [7, 11) is 0. The zero-order valence-electron chi connectivity index (χ0n) is 4.98. The normalized spacial score (nSPS) is 9.70. The Labute approximate surface area is 64.4 Å². The van der Waals surface area contributed by atoms with Crippen molar-refractivity contribution >= 4 is 15.9 Å². The van der Waals surface area contributed by atoms with Crippen LogP contribution in [0.4, 0.5) is 0 Å². The fourth-order valence-corrected chi connectivity index (χ4v) is 0.974. The van der Waals surface area contributed by atoms with Crippen molar-refractivity contribution in [1.82, 2.24) is 10.2 Å². The molecule has 10 heavy (non-hydrogen) atoms. The van der Waals surface area contributed by atoms with Crippen LogP contribution in [0.2, 0.25) is 0 Å². The van der Waals surface area contributed by atoms with Crippen molar-refractivity contribution in [2.75, 3.05) is 0 Å². The lowest BCUT2D eigenvalue weighted by molar-refractivity contribution is 0.932. The van der Waals surface area contributed by atoms with Crippen molar-refractivity contribution in [1.29, 1.82) is 0 Å². The molecule has 0 radical (unpaired) electrons. The number of rotatable bonds is 1. The van der Waals surface area contributed by atoms with Crippen molar-refractivity contribution in [2.45, 2.75) is 5.33 Å². The average molecular weight is 205 g/mol. The number of halogens is 1. The molecule has 0 saturated heterocycles. The van der Waals surface area contributed by atoms with Gasteiger partial charge in [-0.25, -0.2) is 0 Å². The number of H-pyrrole nitrogens is 2. The van der Waals surface area contributed by atoms with Crippen LogP contribution >= 0.6 is 15.9 Å². The highest BCUT2D eigenvalue weighted by Crippen LogP contribution is 1.92. The lowest BCUT2D eigenvalue weighted by Crippen LogP contribution is -2.20. The standard InChI is InChI=1S/C5H5BrN2O2/c6-2-3-1-4(9)7-8-5(3)10/h1H,2H2,(H,7,9)(H,8,10). The average Bonchev–Trinajstić information content (AvgIpc) is 1.94. The Morgan fingerprint density at radius 1 is 1.40 bits per heavy atom. The van der Waals surface area contributed by atoms with Crippen LogP contribution in [0.5, 0.6) is 0 Å². The minimum atomic E-state index is -0.297. The molecule has 0 saturated carbocycles. The van der Waals surface area contributed by atoms with Gasteiger partial charge in [0.15, 0.2) is 0 Å². The topological polar surface area (TPSA) is 65.7 Å². The molecule has 1 aromatic heterocycles. The first-order valence-electron chi connectivity index (χ1n) is 2.61. The summed E-state index contributed by atoms with van der Waals surface area (Å²) in [5.74, 6) is 0. The number of nitrogens with one attached hydrogen (secondary N) is 2. The maximum absolute atomic E-state index is 10.7. The van der Waals surface area contributed by atoms with Gasteiger partial charge in [0.05, 0.1) is 0 Å². The summed E-state index contributed by atoms with van der Waals surface area (Å²) in [6.07, 6.45) is 0. The zero-order chi connectivity index (χ0) is 7.56. The molecule has 0 amide bonds. The fraction of sp³-hybridized carbons (Fsp3) is 0.200. The first kappa shape index (κ1) is 7.27. The SMILES string of the molecule is O=c1cc(CBr)c(=O)[nH][nH]1. The Kier molecular flexibility index (Phi) is 2.06. The van der Waals surface area contributed by atoms with Gasteiger partial charge in [-0.15, -0.1) is 0 Å². The summed E-state index contributed by atoms with van der Waals surface area (Å²) in [5, 5.41) is 4.75. The third-order valence-electron chi connectivity index (χ3n) is 1.04. The molecule has 1 aromatic rings. The molecule has 0 spiro atoms. The molecule has 0 fully saturated rings. The van der Waals surface area contributed by atoms with Gasteiger partial charge < -0.3 is 0 Å². The molecule has 0 aliphatic carbocycles. The van der Waals surface area contributed by atoms with Crippen LogP contribution in [0.25, 0.3) is 0 Å². The molecule has 5 heteroatoms. The molecule has 2 N–H and O–H groups in total. The van der Waals surface area contributed by atoms with Gasteiger partial charge in [-0.1, -0.05) is 15.9 Å².